The first-order valence-corrected chi connectivity index (χ1v) is 9.33. The van der Waals surface area contributed by atoms with Crippen LogP contribution in [0.1, 0.15) is 29.8 Å². The highest BCUT2D eigenvalue weighted by Crippen LogP contribution is 2.18. The molecule has 0 bridgehead atoms. The van der Waals surface area contributed by atoms with Crippen molar-refractivity contribution in [1.29, 1.82) is 0 Å². The highest BCUT2D eigenvalue weighted by Gasteiger charge is 2.31. The van der Waals surface area contributed by atoms with E-state index in [9.17, 15) is 14.4 Å². The molecule has 2 heterocycles. The van der Waals surface area contributed by atoms with E-state index in [0.717, 1.165) is 5.75 Å². The van der Waals surface area contributed by atoms with E-state index in [1.54, 1.807) is 28.8 Å². The van der Waals surface area contributed by atoms with Crippen LogP contribution >= 0.6 is 11.8 Å². The average Bonchev–Trinajstić information content (AvgIpc) is 3.12. The Bertz CT molecular complexity index is 568. The number of hydrogen-bond acceptors (Lipinski definition) is 5. The zero-order valence-corrected chi connectivity index (χ0v) is 14.5. The first-order valence-electron chi connectivity index (χ1n) is 7.94. The highest BCUT2D eigenvalue weighted by atomic mass is 32.2. The van der Waals surface area contributed by atoms with Crippen LogP contribution in [0, 0.1) is 5.92 Å². The SMILES string of the molecule is CSCC[C@H](NC(=O)c1ccco1)C(=O)N1CCC(C(N)=O)CC1. The molecule has 1 aromatic rings. The molecule has 1 fully saturated rings. The molecule has 24 heavy (non-hydrogen) atoms. The van der Waals surface area contributed by atoms with Gasteiger partial charge in [0.2, 0.25) is 11.8 Å². The zero-order chi connectivity index (χ0) is 17.5. The maximum atomic E-state index is 12.7. The molecule has 0 aromatic carbocycles. The Labute approximate surface area is 145 Å². The molecule has 132 valence electrons. The molecule has 0 aliphatic carbocycles. The van der Waals surface area contributed by atoms with E-state index in [1.807, 2.05) is 6.26 Å². The molecule has 0 spiro atoms. The minimum absolute atomic E-state index is 0.119. The number of nitrogens with one attached hydrogen (secondary N) is 1. The zero-order valence-electron chi connectivity index (χ0n) is 13.7. The summed E-state index contributed by atoms with van der Waals surface area (Å²) >= 11 is 1.62. The minimum Gasteiger partial charge on any atom is -0.459 e. The second-order valence-corrected chi connectivity index (χ2v) is 6.77. The fourth-order valence-electron chi connectivity index (χ4n) is 2.73. The smallest absolute Gasteiger partial charge is 0.287 e. The van der Waals surface area contributed by atoms with Crippen LogP contribution in [0.2, 0.25) is 0 Å². The molecule has 3 N–H and O–H groups in total. The molecule has 1 aromatic heterocycles. The van der Waals surface area contributed by atoms with Crippen molar-refractivity contribution in [3.8, 4) is 0 Å². The van der Waals surface area contributed by atoms with E-state index in [2.05, 4.69) is 5.32 Å². The van der Waals surface area contributed by atoms with Crippen LogP contribution in [0.25, 0.3) is 0 Å². The van der Waals surface area contributed by atoms with Crippen molar-refractivity contribution in [3.63, 3.8) is 0 Å². The summed E-state index contributed by atoms with van der Waals surface area (Å²) in [5.74, 6) is -0.0571. The number of nitrogens with zero attached hydrogens (tertiary/aromatic N) is 1. The summed E-state index contributed by atoms with van der Waals surface area (Å²) in [6.45, 7) is 0.970. The number of rotatable bonds is 7. The Hall–Kier alpha value is -1.96. The van der Waals surface area contributed by atoms with Gasteiger partial charge >= 0.3 is 0 Å². The fraction of sp³-hybridized carbons (Fsp3) is 0.562. The van der Waals surface area contributed by atoms with Crippen molar-refractivity contribution < 1.29 is 18.8 Å². The van der Waals surface area contributed by atoms with E-state index >= 15 is 0 Å². The lowest BCUT2D eigenvalue weighted by atomic mass is 9.95. The predicted molar refractivity (Wildman–Crippen MR) is 91.5 cm³/mol. The number of piperidine rings is 1. The van der Waals surface area contributed by atoms with Crippen molar-refractivity contribution in [2.45, 2.75) is 25.3 Å². The minimum atomic E-state index is -0.597. The third-order valence-corrected chi connectivity index (χ3v) is 4.81. The Kier molecular flexibility index (Phi) is 6.72. The number of carbonyl (C=O) groups is 3. The molecule has 1 aliphatic heterocycles. The number of thioether (sulfide) groups is 1. The van der Waals surface area contributed by atoms with Gasteiger partial charge in [-0.15, -0.1) is 0 Å². The van der Waals surface area contributed by atoms with Crippen LogP contribution in [0.5, 0.6) is 0 Å². The third-order valence-electron chi connectivity index (χ3n) is 4.17. The van der Waals surface area contributed by atoms with Gasteiger partial charge in [-0.2, -0.15) is 11.8 Å². The summed E-state index contributed by atoms with van der Waals surface area (Å²) in [7, 11) is 0. The summed E-state index contributed by atoms with van der Waals surface area (Å²) in [4.78, 5) is 37.8. The van der Waals surface area contributed by atoms with Crippen LogP contribution in [0.3, 0.4) is 0 Å². The van der Waals surface area contributed by atoms with Gasteiger partial charge in [0, 0.05) is 19.0 Å². The summed E-state index contributed by atoms with van der Waals surface area (Å²) < 4.78 is 5.07. The van der Waals surface area contributed by atoms with Gasteiger partial charge in [0.25, 0.3) is 5.91 Å². The van der Waals surface area contributed by atoms with Gasteiger partial charge in [-0.25, -0.2) is 0 Å². The van der Waals surface area contributed by atoms with Gasteiger partial charge in [0.1, 0.15) is 6.04 Å². The topological polar surface area (TPSA) is 106 Å². The Balaban J connectivity index is 1.97. The molecule has 1 aliphatic rings. The molecule has 7 nitrogen and oxygen atoms in total. The lowest BCUT2D eigenvalue weighted by Crippen LogP contribution is -2.51. The van der Waals surface area contributed by atoms with Gasteiger partial charge < -0.3 is 20.4 Å². The second kappa shape index (κ2) is 8.77. The molecule has 3 amide bonds. The van der Waals surface area contributed by atoms with E-state index in [4.69, 9.17) is 10.2 Å². The van der Waals surface area contributed by atoms with Crippen LogP contribution < -0.4 is 11.1 Å². The molecule has 2 rings (SSSR count). The Morgan fingerprint density at radius 2 is 2.12 bits per heavy atom. The van der Waals surface area contributed by atoms with Gasteiger partial charge in [0.15, 0.2) is 5.76 Å². The maximum Gasteiger partial charge on any atom is 0.287 e. The maximum absolute atomic E-state index is 12.7. The van der Waals surface area contributed by atoms with Crippen LogP contribution in [-0.2, 0) is 9.59 Å². The number of amides is 3. The molecule has 1 saturated heterocycles. The average molecular weight is 353 g/mol. The largest absolute Gasteiger partial charge is 0.459 e. The number of hydrogen-bond donors (Lipinski definition) is 2. The first kappa shape index (κ1) is 18.4. The summed E-state index contributed by atoms with van der Waals surface area (Å²) in [5.41, 5.74) is 5.32. The number of furan rings is 1. The highest BCUT2D eigenvalue weighted by molar-refractivity contribution is 7.98. The van der Waals surface area contributed by atoms with Gasteiger partial charge in [-0.05, 0) is 43.4 Å². The lowest BCUT2D eigenvalue weighted by Gasteiger charge is -2.33. The van der Waals surface area contributed by atoms with E-state index in [-0.39, 0.29) is 23.5 Å². The van der Waals surface area contributed by atoms with Crippen LogP contribution in [-0.4, -0.2) is 53.8 Å². The lowest BCUT2D eigenvalue weighted by molar-refractivity contribution is -0.136. The summed E-state index contributed by atoms with van der Waals surface area (Å²) in [5, 5.41) is 2.76. The van der Waals surface area contributed by atoms with E-state index in [1.165, 1.54) is 6.26 Å². The van der Waals surface area contributed by atoms with Crippen molar-refractivity contribution in [2.75, 3.05) is 25.1 Å². The summed E-state index contributed by atoms with van der Waals surface area (Å²) in [6.07, 6.45) is 5.06. The van der Waals surface area contributed by atoms with Crippen molar-refractivity contribution in [1.82, 2.24) is 10.2 Å². The molecule has 0 radical (unpaired) electrons. The van der Waals surface area contributed by atoms with Crippen molar-refractivity contribution >= 4 is 29.5 Å². The Morgan fingerprint density at radius 3 is 2.67 bits per heavy atom. The molecule has 0 saturated carbocycles. The van der Waals surface area contributed by atoms with Gasteiger partial charge in [-0.1, -0.05) is 0 Å². The Morgan fingerprint density at radius 1 is 1.42 bits per heavy atom. The molecule has 0 unspecified atom stereocenters. The van der Waals surface area contributed by atoms with Gasteiger partial charge in [-0.3, -0.25) is 14.4 Å². The molecule has 8 heteroatoms. The van der Waals surface area contributed by atoms with Crippen LogP contribution in [0.15, 0.2) is 22.8 Å². The summed E-state index contributed by atoms with van der Waals surface area (Å²) in [6, 6.07) is 2.59. The number of nitrogens with two attached hydrogens (primary N) is 1. The predicted octanol–water partition coefficient (Wildman–Crippen LogP) is 0.855. The van der Waals surface area contributed by atoms with Crippen molar-refractivity contribution in [2.24, 2.45) is 11.7 Å². The monoisotopic (exact) mass is 353 g/mol. The number of primary amides is 1. The standard InChI is InChI=1S/C16H23N3O4S/c1-24-10-6-12(18-15(21)13-3-2-9-23-13)16(22)19-7-4-11(5-8-19)14(17)20/h2-3,9,11-12H,4-8,10H2,1H3,(H2,17,20)(H,18,21)/t12-/m0/s1. The normalized spacial score (nSPS) is 16.6. The van der Waals surface area contributed by atoms with E-state index < -0.39 is 11.9 Å². The van der Waals surface area contributed by atoms with Crippen molar-refractivity contribution in [3.05, 3.63) is 24.2 Å². The quantitative estimate of drug-likeness (QED) is 0.756. The number of carbonyl (C=O) groups excluding carboxylic acids is 3. The fourth-order valence-corrected chi connectivity index (χ4v) is 3.21. The first-order chi connectivity index (χ1) is 11.5. The molecular weight excluding hydrogens is 330 g/mol. The second-order valence-electron chi connectivity index (χ2n) is 5.79. The molecular formula is C16H23N3O4S. The third kappa shape index (κ3) is 4.77. The van der Waals surface area contributed by atoms with Gasteiger partial charge in [0.05, 0.1) is 6.26 Å². The molecule has 1 atom stereocenters. The van der Waals surface area contributed by atoms with Crippen LogP contribution in [0.4, 0.5) is 0 Å². The van der Waals surface area contributed by atoms with E-state index in [0.29, 0.717) is 32.4 Å². The number of likely N-dealkylation sites (tertiary alicyclic amines) is 1.